The quantitative estimate of drug-likeness (QED) is 0.125. The number of aryl methyl sites for hydroxylation is 1. The summed E-state index contributed by atoms with van der Waals surface area (Å²) in [5.74, 6) is 0.0965. The van der Waals surface area contributed by atoms with Crippen LogP contribution in [0.1, 0.15) is 45.6 Å². The molecular weight excluding hydrogens is 454 g/mol. The molecule has 4 aromatic rings. The van der Waals surface area contributed by atoms with E-state index in [1.165, 1.54) is 37.9 Å². The Balaban J connectivity index is 1.31. The first-order valence-corrected chi connectivity index (χ1v) is 14.9. The molecule has 0 unspecified atom stereocenters. The van der Waals surface area contributed by atoms with Crippen LogP contribution in [0.5, 0.6) is 0 Å². The fourth-order valence-electron chi connectivity index (χ4n) is 5.08. The topological polar surface area (TPSA) is 56.8 Å². The second-order valence-corrected chi connectivity index (χ2v) is 11.6. The van der Waals surface area contributed by atoms with Crippen LogP contribution in [0.4, 0.5) is 0 Å². The van der Waals surface area contributed by atoms with E-state index in [1.54, 1.807) is 0 Å². The van der Waals surface area contributed by atoms with Gasteiger partial charge < -0.3 is 18.6 Å². The number of hydrogen-bond acceptors (Lipinski definition) is 4. The molecule has 0 aliphatic carbocycles. The summed E-state index contributed by atoms with van der Waals surface area (Å²) in [6, 6.07) is 20.5. The Bertz CT molecular complexity index is 1220. The molecule has 1 amide bonds. The summed E-state index contributed by atoms with van der Waals surface area (Å²) in [5, 5.41) is 10.9. The zero-order valence-electron chi connectivity index (χ0n) is 21.2. The molecule has 6 heteroatoms. The smallest absolute Gasteiger partial charge is 0.374 e. The van der Waals surface area contributed by atoms with Crippen LogP contribution in [0.3, 0.4) is 0 Å². The maximum absolute atomic E-state index is 12.5. The molecule has 4 rings (SSSR count). The minimum atomic E-state index is -2.64. The van der Waals surface area contributed by atoms with Gasteiger partial charge in [0.2, 0.25) is 5.91 Å². The molecule has 0 aliphatic rings. The SMILES string of the molecule is CCO[Si](CCCNC(=O)CCCc1ccc2ccc3cccc4ccc1c2c34)(OCC)OCC. The zero-order chi connectivity index (χ0) is 24.7. The molecule has 35 heavy (non-hydrogen) atoms. The van der Waals surface area contributed by atoms with Gasteiger partial charge in [0, 0.05) is 38.8 Å². The van der Waals surface area contributed by atoms with E-state index in [0.717, 1.165) is 19.3 Å². The number of carbonyl (C=O) groups is 1. The molecule has 0 heterocycles. The predicted molar refractivity (Wildman–Crippen MR) is 146 cm³/mol. The van der Waals surface area contributed by atoms with Crippen molar-refractivity contribution in [2.45, 2.75) is 52.5 Å². The zero-order valence-corrected chi connectivity index (χ0v) is 22.2. The fraction of sp³-hybridized carbons (Fsp3) is 0.414. The van der Waals surface area contributed by atoms with Crippen molar-refractivity contribution in [3.05, 3.63) is 60.2 Å². The van der Waals surface area contributed by atoms with Crippen LogP contribution in [0, 0.1) is 0 Å². The lowest BCUT2D eigenvalue weighted by Crippen LogP contribution is -2.46. The van der Waals surface area contributed by atoms with Crippen molar-refractivity contribution < 1.29 is 18.1 Å². The third-order valence-electron chi connectivity index (χ3n) is 6.54. The summed E-state index contributed by atoms with van der Waals surface area (Å²) in [7, 11) is -2.64. The lowest BCUT2D eigenvalue weighted by Gasteiger charge is -2.28. The molecule has 5 nitrogen and oxygen atoms in total. The lowest BCUT2D eigenvalue weighted by atomic mass is 9.90. The Morgan fingerprint density at radius 1 is 0.771 bits per heavy atom. The van der Waals surface area contributed by atoms with E-state index in [-0.39, 0.29) is 5.91 Å². The largest absolute Gasteiger partial charge is 0.500 e. The molecule has 186 valence electrons. The highest BCUT2D eigenvalue weighted by Gasteiger charge is 2.39. The molecule has 0 aromatic heterocycles. The van der Waals surface area contributed by atoms with Gasteiger partial charge in [-0.2, -0.15) is 0 Å². The Hall–Kier alpha value is -2.51. The van der Waals surface area contributed by atoms with Crippen LogP contribution in [0.2, 0.25) is 6.04 Å². The number of rotatable bonds is 14. The molecule has 0 bridgehead atoms. The van der Waals surface area contributed by atoms with Crippen molar-refractivity contribution in [3.8, 4) is 0 Å². The monoisotopic (exact) mass is 491 g/mol. The highest BCUT2D eigenvalue weighted by molar-refractivity contribution is 6.60. The van der Waals surface area contributed by atoms with Crippen LogP contribution in [0.15, 0.2) is 54.6 Å². The highest BCUT2D eigenvalue weighted by Crippen LogP contribution is 2.36. The van der Waals surface area contributed by atoms with Gasteiger partial charge in [-0.25, -0.2) is 0 Å². The average molecular weight is 492 g/mol. The van der Waals surface area contributed by atoms with E-state index < -0.39 is 8.80 Å². The maximum atomic E-state index is 12.5. The number of hydrogen-bond donors (Lipinski definition) is 1. The van der Waals surface area contributed by atoms with Gasteiger partial charge in [0.15, 0.2) is 0 Å². The first-order chi connectivity index (χ1) is 17.1. The molecule has 0 fully saturated rings. The summed E-state index contributed by atoms with van der Waals surface area (Å²) in [4.78, 5) is 12.5. The van der Waals surface area contributed by atoms with Crippen molar-refractivity contribution in [2.24, 2.45) is 0 Å². The van der Waals surface area contributed by atoms with E-state index in [1.807, 2.05) is 20.8 Å². The summed E-state index contributed by atoms with van der Waals surface area (Å²) >= 11 is 0. The standard InChI is InChI=1S/C29H37NO4Si/c1-4-32-35(33-5-2,34-6-3)21-9-20-30-27(31)13-8-10-22-14-15-25-17-16-23-11-7-12-24-18-19-26(22)29(25)28(23)24/h7,11-12,14-19H,4-6,8-10,13,20-21H2,1-3H3,(H,30,31). The maximum Gasteiger partial charge on any atom is 0.500 e. The van der Waals surface area contributed by atoms with Gasteiger partial charge >= 0.3 is 8.80 Å². The Morgan fingerprint density at radius 2 is 1.37 bits per heavy atom. The molecule has 0 spiro atoms. The average Bonchev–Trinajstić information content (AvgIpc) is 2.86. The van der Waals surface area contributed by atoms with Gasteiger partial charge in [-0.1, -0.05) is 54.6 Å². The van der Waals surface area contributed by atoms with Crippen molar-refractivity contribution in [1.29, 1.82) is 0 Å². The Morgan fingerprint density at radius 3 is 2.03 bits per heavy atom. The molecule has 0 aliphatic heterocycles. The van der Waals surface area contributed by atoms with E-state index in [0.29, 0.717) is 38.8 Å². The summed E-state index contributed by atoms with van der Waals surface area (Å²) in [5.41, 5.74) is 1.31. The van der Waals surface area contributed by atoms with Gasteiger partial charge in [-0.3, -0.25) is 4.79 Å². The third kappa shape index (κ3) is 5.84. The van der Waals surface area contributed by atoms with E-state index >= 15 is 0 Å². The minimum absolute atomic E-state index is 0.0965. The summed E-state index contributed by atoms with van der Waals surface area (Å²) in [6.07, 6.45) is 3.02. The Labute approximate surface area is 209 Å². The van der Waals surface area contributed by atoms with Crippen molar-refractivity contribution in [1.82, 2.24) is 5.32 Å². The van der Waals surface area contributed by atoms with Crippen LogP contribution in [-0.2, 0) is 24.5 Å². The molecule has 0 saturated heterocycles. The molecule has 4 aromatic carbocycles. The van der Waals surface area contributed by atoms with Crippen molar-refractivity contribution in [2.75, 3.05) is 26.4 Å². The highest BCUT2D eigenvalue weighted by atomic mass is 28.4. The molecule has 0 saturated carbocycles. The van der Waals surface area contributed by atoms with Gasteiger partial charge in [0.1, 0.15) is 0 Å². The second kappa shape index (κ2) is 12.0. The van der Waals surface area contributed by atoms with Gasteiger partial charge in [-0.05, 0) is 77.9 Å². The van der Waals surface area contributed by atoms with Gasteiger partial charge in [0.05, 0.1) is 0 Å². The lowest BCUT2D eigenvalue weighted by molar-refractivity contribution is -0.121. The fourth-order valence-corrected chi connectivity index (χ4v) is 7.69. The summed E-state index contributed by atoms with van der Waals surface area (Å²) < 4.78 is 17.7. The first-order valence-electron chi connectivity index (χ1n) is 12.9. The molecule has 0 atom stereocenters. The minimum Gasteiger partial charge on any atom is -0.374 e. The number of nitrogens with one attached hydrogen (secondary N) is 1. The normalized spacial score (nSPS) is 12.2. The van der Waals surface area contributed by atoms with Crippen LogP contribution >= 0.6 is 0 Å². The van der Waals surface area contributed by atoms with E-state index in [9.17, 15) is 4.79 Å². The summed E-state index contributed by atoms with van der Waals surface area (Å²) in [6.45, 7) is 8.21. The molecular formula is C29H37NO4Si. The number of amides is 1. The first kappa shape index (κ1) is 25.6. The van der Waals surface area contributed by atoms with Crippen LogP contribution in [-0.4, -0.2) is 41.1 Å². The predicted octanol–water partition coefficient (Wildman–Crippen LogP) is 6.46. The van der Waals surface area contributed by atoms with Crippen LogP contribution in [0.25, 0.3) is 32.3 Å². The molecule has 0 radical (unpaired) electrons. The Kier molecular flexibility index (Phi) is 8.73. The van der Waals surface area contributed by atoms with Crippen LogP contribution < -0.4 is 5.32 Å². The van der Waals surface area contributed by atoms with Gasteiger partial charge in [0.25, 0.3) is 0 Å². The number of benzene rings is 4. The van der Waals surface area contributed by atoms with E-state index in [2.05, 4.69) is 59.9 Å². The molecule has 1 N–H and O–H groups in total. The second-order valence-electron chi connectivity index (χ2n) is 8.87. The third-order valence-corrected chi connectivity index (χ3v) is 9.70. The van der Waals surface area contributed by atoms with Gasteiger partial charge in [-0.15, -0.1) is 0 Å². The van der Waals surface area contributed by atoms with Crippen molar-refractivity contribution >= 4 is 47.0 Å². The number of carbonyl (C=O) groups excluding carboxylic acids is 1. The van der Waals surface area contributed by atoms with E-state index in [4.69, 9.17) is 13.3 Å². The van der Waals surface area contributed by atoms with Crippen molar-refractivity contribution in [3.63, 3.8) is 0 Å².